The van der Waals surface area contributed by atoms with E-state index >= 15 is 0 Å². The Morgan fingerprint density at radius 2 is 1.90 bits per heavy atom. The number of nitrogens with zero attached hydrogens (tertiary/aromatic N) is 1. The number of hydrogen-bond donors (Lipinski definition) is 0. The summed E-state index contributed by atoms with van der Waals surface area (Å²) in [7, 11) is 1.58. The Labute approximate surface area is 122 Å². The van der Waals surface area contributed by atoms with Crippen LogP contribution in [0.3, 0.4) is 0 Å². The number of methoxy groups -OCH3 is 1. The van der Waals surface area contributed by atoms with Gasteiger partial charge in [-0.1, -0.05) is 12.2 Å². The van der Waals surface area contributed by atoms with Crippen LogP contribution in [0.4, 0.5) is 5.69 Å². The molecule has 3 heterocycles. The molecule has 0 unspecified atom stereocenters. The third-order valence-electron chi connectivity index (χ3n) is 4.66. The number of fused-ring (bicyclic) bond motifs is 5. The van der Waals surface area contributed by atoms with Gasteiger partial charge in [0.2, 0.25) is 11.8 Å². The van der Waals surface area contributed by atoms with Crippen LogP contribution in [-0.2, 0) is 14.3 Å². The maximum Gasteiger partial charge on any atom is 0.241 e. The van der Waals surface area contributed by atoms with Crippen LogP contribution in [0.15, 0.2) is 36.4 Å². The number of imide groups is 1. The molecule has 2 bridgehead atoms. The van der Waals surface area contributed by atoms with Gasteiger partial charge in [0.25, 0.3) is 0 Å². The van der Waals surface area contributed by atoms with E-state index in [4.69, 9.17) is 9.47 Å². The quantitative estimate of drug-likeness (QED) is 0.611. The van der Waals surface area contributed by atoms with E-state index in [-0.39, 0.29) is 17.9 Å². The molecule has 0 aromatic heterocycles. The highest BCUT2D eigenvalue weighted by Gasteiger charge is 2.65. The average Bonchev–Trinajstić information content (AvgIpc) is 3.09. The number of rotatable bonds is 2. The zero-order valence-corrected chi connectivity index (χ0v) is 11.8. The molecule has 0 spiro atoms. The van der Waals surface area contributed by atoms with Gasteiger partial charge in [-0.3, -0.25) is 9.59 Å². The molecule has 2 amide bonds. The molecular formula is C16H15NO4. The van der Waals surface area contributed by atoms with Crippen LogP contribution in [0.1, 0.15) is 6.92 Å². The van der Waals surface area contributed by atoms with Crippen molar-refractivity contribution in [2.24, 2.45) is 11.8 Å². The molecular weight excluding hydrogens is 270 g/mol. The molecule has 108 valence electrons. The number of amides is 2. The highest BCUT2D eigenvalue weighted by Crippen LogP contribution is 2.52. The first-order valence-electron chi connectivity index (χ1n) is 6.94. The Balaban J connectivity index is 1.72. The summed E-state index contributed by atoms with van der Waals surface area (Å²) < 4.78 is 10.9. The van der Waals surface area contributed by atoms with Crippen molar-refractivity contribution in [1.29, 1.82) is 0 Å². The maximum atomic E-state index is 12.7. The molecule has 2 saturated heterocycles. The first-order valence-corrected chi connectivity index (χ1v) is 6.94. The van der Waals surface area contributed by atoms with E-state index in [0.29, 0.717) is 11.4 Å². The first-order chi connectivity index (χ1) is 10.0. The lowest BCUT2D eigenvalue weighted by atomic mass is 9.78. The summed E-state index contributed by atoms with van der Waals surface area (Å²) in [5.41, 5.74) is -0.0632. The smallest absolute Gasteiger partial charge is 0.241 e. The van der Waals surface area contributed by atoms with Crippen molar-refractivity contribution in [2.75, 3.05) is 12.0 Å². The number of hydrogen-bond acceptors (Lipinski definition) is 4. The summed E-state index contributed by atoms with van der Waals surface area (Å²) in [5, 5.41) is 0. The predicted molar refractivity (Wildman–Crippen MR) is 74.9 cm³/mol. The van der Waals surface area contributed by atoms with Crippen molar-refractivity contribution < 1.29 is 19.1 Å². The molecule has 1 aromatic carbocycles. The minimum atomic E-state index is -0.650. The van der Waals surface area contributed by atoms with Crippen molar-refractivity contribution in [3.05, 3.63) is 36.4 Å². The molecule has 3 aliphatic heterocycles. The molecule has 2 fully saturated rings. The van der Waals surface area contributed by atoms with E-state index in [0.717, 1.165) is 0 Å². The van der Waals surface area contributed by atoms with E-state index < -0.39 is 17.4 Å². The van der Waals surface area contributed by atoms with Gasteiger partial charge in [0.1, 0.15) is 5.75 Å². The maximum absolute atomic E-state index is 12.7. The standard InChI is InChI=1S/C16H15NO4/c1-16-8-7-11(21-16)12-13(16)15(19)17(14(12)18)9-3-5-10(20-2)6-4-9/h3-8,11-13H,1-2H3/t11-,12-,13-,16-/m1/s1. The Hall–Kier alpha value is -2.14. The van der Waals surface area contributed by atoms with Crippen LogP contribution in [0, 0.1) is 11.8 Å². The monoisotopic (exact) mass is 285 g/mol. The van der Waals surface area contributed by atoms with Crippen LogP contribution in [0.25, 0.3) is 0 Å². The second-order valence-electron chi connectivity index (χ2n) is 5.84. The number of benzene rings is 1. The molecule has 0 N–H and O–H groups in total. The summed E-state index contributed by atoms with van der Waals surface area (Å²) in [6.45, 7) is 1.87. The molecule has 3 aliphatic rings. The zero-order valence-electron chi connectivity index (χ0n) is 11.8. The van der Waals surface area contributed by atoms with Gasteiger partial charge < -0.3 is 9.47 Å². The molecule has 4 atom stereocenters. The van der Waals surface area contributed by atoms with E-state index in [1.165, 1.54) is 4.90 Å². The van der Waals surface area contributed by atoms with Gasteiger partial charge in [0, 0.05) is 0 Å². The predicted octanol–water partition coefficient (Wildman–Crippen LogP) is 1.53. The topological polar surface area (TPSA) is 55.8 Å². The molecule has 21 heavy (non-hydrogen) atoms. The fraction of sp³-hybridized carbons (Fsp3) is 0.375. The highest BCUT2D eigenvalue weighted by molar-refractivity contribution is 6.23. The fourth-order valence-corrected chi connectivity index (χ4v) is 3.64. The summed E-state index contributed by atoms with van der Waals surface area (Å²) in [6, 6.07) is 6.95. The van der Waals surface area contributed by atoms with Crippen LogP contribution in [0.2, 0.25) is 0 Å². The van der Waals surface area contributed by atoms with Crippen molar-refractivity contribution >= 4 is 17.5 Å². The second kappa shape index (κ2) is 3.95. The Bertz CT molecular complexity index is 665. The number of carbonyl (C=O) groups excluding carboxylic acids is 2. The molecule has 0 radical (unpaired) electrons. The van der Waals surface area contributed by atoms with Crippen LogP contribution in [-0.4, -0.2) is 30.6 Å². The largest absolute Gasteiger partial charge is 0.497 e. The zero-order chi connectivity index (χ0) is 14.8. The Morgan fingerprint density at radius 3 is 2.52 bits per heavy atom. The van der Waals surface area contributed by atoms with Crippen molar-refractivity contribution in [1.82, 2.24) is 0 Å². The summed E-state index contributed by atoms with van der Waals surface area (Å²) in [4.78, 5) is 26.6. The minimum absolute atomic E-state index is 0.173. The van der Waals surface area contributed by atoms with E-state index in [9.17, 15) is 9.59 Å². The summed E-state index contributed by atoms with van der Waals surface area (Å²) >= 11 is 0. The van der Waals surface area contributed by atoms with Gasteiger partial charge in [-0.2, -0.15) is 0 Å². The van der Waals surface area contributed by atoms with Crippen molar-refractivity contribution in [2.45, 2.75) is 18.6 Å². The number of anilines is 1. The molecule has 4 rings (SSSR count). The van der Waals surface area contributed by atoms with Gasteiger partial charge in [-0.05, 0) is 31.2 Å². The fourth-order valence-electron chi connectivity index (χ4n) is 3.64. The SMILES string of the molecule is COc1ccc(N2C(=O)[C@@H]3[C@H]4C=C[C@@](C)(O4)[C@H]3C2=O)cc1. The van der Waals surface area contributed by atoms with E-state index in [1.54, 1.807) is 31.4 Å². The lowest BCUT2D eigenvalue weighted by molar-refractivity contribution is -0.126. The normalized spacial score (nSPS) is 36.5. The van der Waals surface area contributed by atoms with Crippen molar-refractivity contribution in [3.8, 4) is 5.75 Å². The Morgan fingerprint density at radius 1 is 1.19 bits per heavy atom. The summed E-state index contributed by atoms with van der Waals surface area (Å²) in [5.74, 6) is -0.468. The second-order valence-corrected chi connectivity index (χ2v) is 5.84. The molecule has 0 aliphatic carbocycles. The lowest BCUT2D eigenvalue weighted by Gasteiger charge is -2.24. The highest BCUT2D eigenvalue weighted by atomic mass is 16.5. The third-order valence-corrected chi connectivity index (χ3v) is 4.66. The third kappa shape index (κ3) is 1.49. The van der Waals surface area contributed by atoms with Crippen LogP contribution < -0.4 is 9.64 Å². The average molecular weight is 285 g/mol. The number of carbonyl (C=O) groups is 2. The molecule has 1 aromatic rings. The van der Waals surface area contributed by atoms with E-state index in [1.807, 2.05) is 19.1 Å². The first kappa shape index (κ1) is 12.6. The summed E-state index contributed by atoms with van der Waals surface area (Å²) in [6.07, 6.45) is 3.52. The van der Waals surface area contributed by atoms with Crippen molar-refractivity contribution in [3.63, 3.8) is 0 Å². The van der Waals surface area contributed by atoms with Gasteiger partial charge >= 0.3 is 0 Å². The molecule has 5 nitrogen and oxygen atoms in total. The van der Waals surface area contributed by atoms with Crippen LogP contribution >= 0.6 is 0 Å². The van der Waals surface area contributed by atoms with Gasteiger partial charge in [-0.25, -0.2) is 4.90 Å². The van der Waals surface area contributed by atoms with Crippen LogP contribution in [0.5, 0.6) is 5.75 Å². The molecule has 0 saturated carbocycles. The van der Waals surface area contributed by atoms with E-state index in [2.05, 4.69) is 0 Å². The molecule has 5 heteroatoms. The Kier molecular flexibility index (Phi) is 2.37. The lowest BCUT2D eigenvalue weighted by Crippen LogP contribution is -2.38. The minimum Gasteiger partial charge on any atom is -0.497 e. The van der Waals surface area contributed by atoms with Gasteiger partial charge in [-0.15, -0.1) is 0 Å². The van der Waals surface area contributed by atoms with Gasteiger partial charge in [0.15, 0.2) is 0 Å². The van der Waals surface area contributed by atoms with Gasteiger partial charge in [0.05, 0.1) is 36.3 Å². The number of ether oxygens (including phenoxy) is 2.